The van der Waals surface area contributed by atoms with E-state index in [1.165, 1.54) is 5.57 Å². The molecule has 0 aromatic heterocycles. The van der Waals surface area contributed by atoms with E-state index in [1.54, 1.807) is 7.11 Å². The van der Waals surface area contributed by atoms with Crippen LogP contribution in [-0.2, 0) is 20.6 Å². The van der Waals surface area contributed by atoms with Crippen LogP contribution in [-0.4, -0.2) is 34.1 Å². The Labute approximate surface area is 244 Å². The molecule has 40 heavy (non-hydrogen) atoms. The Kier molecular flexibility index (Phi) is 12.7. The molecular formula is C34H52O5Si. The van der Waals surface area contributed by atoms with Gasteiger partial charge in [0.05, 0.1) is 26.4 Å². The molecule has 0 aliphatic rings. The minimum Gasteiger partial charge on any atom is -0.497 e. The van der Waals surface area contributed by atoms with Crippen molar-refractivity contribution in [3.63, 3.8) is 0 Å². The zero-order chi connectivity index (χ0) is 30.1. The molecule has 0 N–H and O–H groups in total. The summed E-state index contributed by atoms with van der Waals surface area (Å²) in [6.45, 7) is 23.0. The first-order valence-electron chi connectivity index (χ1n) is 14.5. The topological polar surface area (TPSA) is 54.0 Å². The maximum atomic E-state index is 12.6. The smallest absolute Gasteiger partial charge is 0.311 e. The third-order valence-corrected chi connectivity index (χ3v) is 12.5. The van der Waals surface area contributed by atoms with Crippen molar-refractivity contribution in [1.29, 1.82) is 0 Å². The second-order valence-corrected chi connectivity index (χ2v) is 17.5. The van der Waals surface area contributed by atoms with Gasteiger partial charge in [0.15, 0.2) is 8.32 Å². The predicted molar refractivity (Wildman–Crippen MR) is 168 cm³/mol. The molecule has 0 heterocycles. The van der Waals surface area contributed by atoms with Gasteiger partial charge in [-0.2, -0.15) is 0 Å². The molecule has 0 unspecified atom stereocenters. The zero-order valence-electron chi connectivity index (χ0n) is 26.7. The second kappa shape index (κ2) is 15.0. The molecule has 0 spiro atoms. The monoisotopic (exact) mass is 568 g/mol. The lowest BCUT2D eigenvalue weighted by Gasteiger charge is -2.42. The molecule has 6 heteroatoms. The largest absolute Gasteiger partial charge is 0.497 e. The number of hydrogen-bond acceptors (Lipinski definition) is 5. The highest BCUT2D eigenvalue weighted by molar-refractivity contribution is 6.74. The van der Waals surface area contributed by atoms with Crippen molar-refractivity contribution in [3.8, 4) is 11.5 Å². The number of allylic oxidation sites excluding steroid dienone is 1. The molecule has 3 atom stereocenters. The van der Waals surface area contributed by atoms with E-state index in [9.17, 15) is 4.79 Å². The SMILES string of the molecule is COc1ccc(COC[C@H](C)[C@H](O[Si](C)(C)C(C)(C)C)[C@@H](C)/C=C(/C)CCC(=O)Oc2c(C)cccc2C)cc1. The molecule has 0 fully saturated rings. The van der Waals surface area contributed by atoms with Crippen LogP contribution in [0, 0.1) is 25.7 Å². The molecule has 0 radical (unpaired) electrons. The number of carbonyl (C=O) groups is 1. The fourth-order valence-electron chi connectivity index (χ4n) is 4.49. The summed E-state index contributed by atoms with van der Waals surface area (Å²) in [4.78, 5) is 12.6. The molecule has 2 rings (SSSR count). The number of rotatable bonds is 14. The number of esters is 1. The lowest BCUT2D eigenvalue weighted by atomic mass is 9.91. The summed E-state index contributed by atoms with van der Waals surface area (Å²) >= 11 is 0. The van der Waals surface area contributed by atoms with Crippen molar-refractivity contribution < 1.29 is 23.4 Å². The summed E-state index contributed by atoms with van der Waals surface area (Å²) in [5, 5.41) is 0.102. The Hall–Kier alpha value is -2.41. The van der Waals surface area contributed by atoms with E-state index < -0.39 is 8.32 Å². The lowest BCUT2D eigenvalue weighted by Crippen LogP contribution is -2.47. The van der Waals surface area contributed by atoms with Crippen LogP contribution in [0.3, 0.4) is 0 Å². The first kappa shape index (κ1) is 33.8. The van der Waals surface area contributed by atoms with Crippen LogP contribution < -0.4 is 9.47 Å². The molecule has 0 aliphatic heterocycles. The third-order valence-electron chi connectivity index (χ3n) is 8.02. The molecule has 0 bridgehead atoms. The van der Waals surface area contributed by atoms with E-state index in [4.69, 9.17) is 18.6 Å². The number of methoxy groups -OCH3 is 1. The number of hydrogen-bond donors (Lipinski definition) is 0. The fourth-order valence-corrected chi connectivity index (χ4v) is 5.97. The zero-order valence-corrected chi connectivity index (χ0v) is 27.7. The molecule has 222 valence electrons. The molecule has 0 saturated heterocycles. The van der Waals surface area contributed by atoms with E-state index >= 15 is 0 Å². The summed E-state index contributed by atoms with van der Waals surface area (Å²) < 4.78 is 24.1. The quantitative estimate of drug-likeness (QED) is 0.0986. The average molecular weight is 569 g/mol. The number of ether oxygens (including phenoxy) is 3. The number of aryl methyl sites for hydroxylation is 2. The number of para-hydroxylation sites is 1. The van der Waals surface area contributed by atoms with Crippen molar-refractivity contribution in [2.75, 3.05) is 13.7 Å². The Morgan fingerprint density at radius 2 is 1.57 bits per heavy atom. The summed E-state index contributed by atoms with van der Waals surface area (Å²) in [5.41, 5.74) is 4.23. The standard InChI is InChI=1S/C34H52O5Si/c1-24(15-20-31(35)38-32-25(2)13-12-14-26(32)3)21-27(4)33(39-40(10,11)34(6,7)8)28(5)22-37-23-29-16-18-30(36-9)19-17-29/h12-14,16-19,21,27-28,33H,15,20,22-23H2,1-11H3/b24-21-/t27-,28-,33+/m0/s1. The Morgan fingerprint density at radius 1 is 0.975 bits per heavy atom. The number of carbonyl (C=O) groups excluding carboxylic acids is 1. The van der Waals surface area contributed by atoms with Gasteiger partial charge in [-0.05, 0) is 80.1 Å². The van der Waals surface area contributed by atoms with Gasteiger partial charge < -0.3 is 18.6 Å². The van der Waals surface area contributed by atoms with Crippen LogP contribution in [0.15, 0.2) is 54.1 Å². The molecule has 0 aliphatic carbocycles. The van der Waals surface area contributed by atoms with E-state index in [-0.39, 0.29) is 28.9 Å². The maximum absolute atomic E-state index is 12.6. The van der Waals surface area contributed by atoms with Crippen LogP contribution in [0.1, 0.15) is 71.1 Å². The van der Waals surface area contributed by atoms with E-state index in [0.29, 0.717) is 31.8 Å². The van der Waals surface area contributed by atoms with Crippen LogP contribution in [0.2, 0.25) is 18.1 Å². The molecular weight excluding hydrogens is 516 g/mol. The van der Waals surface area contributed by atoms with Gasteiger partial charge in [-0.25, -0.2) is 0 Å². The van der Waals surface area contributed by atoms with Crippen molar-refractivity contribution in [2.45, 2.75) is 99.1 Å². The Bertz CT molecular complexity index is 1090. The lowest BCUT2D eigenvalue weighted by molar-refractivity contribution is -0.134. The van der Waals surface area contributed by atoms with Crippen molar-refractivity contribution in [1.82, 2.24) is 0 Å². The van der Waals surface area contributed by atoms with Gasteiger partial charge >= 0.3 is 5.97 Å². The highest BCUT2D eigenvalue weighted by atomic mass is 28.4. The van der Waals surface area contributed by atoms with Gasteiger partial charge in [0.2, 0.25) is 0 Å². The molecule has 0 saturated carbocycles. The van der Waals surface area contributed by atoms with Crippen molar-refractivity contribution in [3.05, 3.63) is 70.8 Å². The Morgan fingerprint density at radius 3 is 2.12 bits per heavy atom. The number of benzene rings is 2. The van der Waals surface area contributed by atoms with Crippen molar-refractivity contribution in [2.24, 2.45) is 11.8 Å². The highest BCUT2D eigenvalue weighted by Gasteiger charge is 2.41. The second-order valence-electron chi connectivity index (χ2n) is 12.8. The van der Waals surface area contributed by atoms with Crippen LogP contribution >= 0.6 is 0 Å². The third kappa shape index (κ3) is 10.2. The minimum absolute atomic E-state index is 0.00767. The van der Waals surface area contributed by atoms with Crippen LogP contribution in [0.4, 0.5) is 0 Å². The summed E-state index contributed by atoms with van der Waals surface area (Å²) in [6.07, 6.45) is 3.28. The fraction of sp³-hybridized carbons (Fsp3) is 0.559. The summed E-state index contributed by atoms with van der Waals surface area (Å²) in [7, 11) is -0.350. The molecule has 2 aromatic carbocycles. The first-order valence-corrected chi connectivity index (χ1v) is 17.4. The van der Waals surface area contributed by atoms with E-state index in [0.717, 1.165) is 22.4 Å². The Balaban J connectivity index is 2.06. The highest BCUT2D eigenvalue weighted by Crippen LogP contribution is 2.39. The first-order chi connectivity index (χ1) is 18.6. The molecule has 2 aromatic rings. The van der Waals surface area contributed by atoms with Gasteiger partial charge in [0.25, 0.3) is 0 Å². The van der Waals surface area contributed by atoms with Gasteiger partial charge in [-0.3, -0.25) is 4.79 Å². The predicted octanol–water partition coefficient (Wildman–Crippen LogP) is 8.82. The van der Waals surface area contributed by atoms with E-state index in [2.05, 4.69) is 60.7 Å². The van der Waals surface area contributed by atoms with Crippen LogP contribution in [0.25, 0.3) is 0 Å². The van der Waals surface area contributed by atoms with Gasteiger partial charge in [-0.1, -0.05) is 76.6 Å². The van der Waals surface area contributed by atoms with Crippen LogP contribution in [0.5, 0.6) is 11.5 Å². The van der Waals surface area contributed by atoms with Gasteiger partial charge in [0, 0.05) is 12.3 Å². The molecule has 5 nitrogen and oxygen atoms in total. The van der Waals surface area contributed by atoms with Gasteiger partial charge in [0.1, 0.15) is 11.5 Å². The van der Waals surface area contributed by atoms with Crippen molar-refractivity contribution >= 4 is 14.3 Å². The summed E-state index contributed by atoms with van der Waals surface area (Å²) in [6, 6.07) is 13.9. The summed E-state index contributed by atoms with van der Waals surface area (Å²) in [5.74, 6) is 1.68. The van der Waals surface area contributed by atoms with E-state index in [1.807, 2.05) is 56.3 Å². The normalized spacial score (nSPS) is 14.9. The maximum Gasteiger partial charge on any atom is 0.311 e. The molecule has 0 amide bonds. The van der Waals surface area contributed by atoms with Gasteiger partial charge in [-0.15, -0.1) is 0 Å². The minimum atomic E-state index is -2.02. The average Bonchev–Trinajstić information content (AvgIpc) is 2.88.